The van der Waals surface area contributed by atoms with Crippen molar-refractivity contribution in [3.05, 3.63) is 36.0 Å². The monoisotopic (exact) mass is 415 g/mol. The average Bonchev–Trinajstić information content (AvgIpc) is 2.78. The number of rotatable bonds is 11. The van der Waals surface area contributed by atoms with Gasteiger partial charge in [0.2, 0.25) is 0 Å². The second kappa shape index (κ2) is 11.6. The van der Waals surface area contributed by atoms with E-state index in [1.54, 1.807) is 13.3 Å². The third-order valence-electron chi connectivity index (χ3n) is 6.23. The quantitative estimate of drug-likeness (QED) is 0.549. The molecule has 2 heterocycles. The number of methoxy groups -OCH3 is 1. The largest absolute Gasteiger partial charge is 0.497 e. The van der Waals surface area contributed by atoms with Gasteiger partial charge in [-0.3, -0.25) is 9.88 Å². The fourth-order valence-electron chi connectivity index (χ4n) is 4.40. The van der Waals surface area contributed by atoms with Crippen LogP contribution in [0.1, 0.15) is 50.7 Å². The second-order valence-electron chi connectivity index (χ2n) is 8.35. The SMILES string of the molecule is CCCCCCCN1CCN(C[C@H](O)c2ccnc3ccc(OC)cc23)[C@H](CO)C1. The number of aliphatic hydroxyl groups is 2. The molecule has 3 rings (SSSR count). The minimum absolute atomic E-state index is 0.0617. The summed E-state index contributed by atoms with van der Waals surface area (Å²) in [5, 5.41) is 21.9. The normalized spacial score (nSPS) is 19.3. The van der Waals surface area contributed by atoms with Gasteiger partial charge in [0, 0.05) is 43.8 Å². The number of benzene rings is 1. The fourth-order valence-corrected chi connectivity index (χ4v) is 4.40. The minimum atomic E-state index is -0.641. The topological polar surface area (TPSA) is 69.1 Å². The number of hydrogen-bond acceptors (Lipinski definition) is 6. The maximum atomic E-state index is 11.0. The molecule has 0 aliphatic carbocycles. The van der Waals surface area contributed by atoms with Crippen LogP contribution in [0.4, 0.5) is 0 Å². The Kier molecular flexibility index (Phi) is 8.88. The number of nitrogens with zero attached hydrogens (tertiary/aromatic N) is 3. The number of pyridine rings is 1. The van der Waals surface area contributed by atoms with Gasteiger partial charge in [0.05, 0.1) is 25.3 Å². The van der Waals surface area contributed by atoms with Crippen molar-refractivity contribution >= 4 is 10.9 Å². The number of β-amino-alcohol motifs (C(OH)–C–C–N with tert-alkyl or cyclic N) is 1. The van der Waals surface area contributed by atoms with Gasteiger partial charge in [0.25, 0.3) is 0 Å². The molecule has 0 unspecified atom stereocenters. The molecule has 1 aromatic heterocycles. The van der Waals surface area contributed by atoms with Gasteiger partial charge in [0.15, 0.2) is 0 Å². The lowest BCUT2D eigenvalue weighted by atomic mass is 10.0. The third-order valence-corrected chi connectivity index (χ3v) is 6.23. The lowest BCUT2D eigenvalue weighted by molar-refractivity contribution is 0.00931. The Hall–Kier alpha value is -1.73. The molecule has 0 bridgehead atoms. The number of piperazine rings is 1. The Morgan fingerprint density at radius 3 is 2.77 bits per heavy atom. The molecule has 30 heavy (non-hydrogen) atoms. The summed E-state index contributed by atoms with van der Waals surface area (Å²) in [4.78, 5) is 9.10. The number of ether oxygens (including phenoxy) is 1. The highest BCUT2D eigenvalue weighted by Crippen LogP contribution is 2.28. The predicted molar refractivity (Wildman–Crippen MR) is 121 cm³/mol. The third kappa shape index (κ3) is 5.91. The van der Waals surface area contributed by atoms with Gasteiger partial charge in [-0.1, -0.05) is 32.6 Å². The van der Waals surface area contributed by atoms with E-state index < -0.39 is 6.10 Å². The zero-order chi connectivity index (χ0) is 21.3. The zero-order valence-electron chi connectivity index (χ0n) is 18.5. The second-order valence-corrected chi connectivity index (χ2v) is 8.35. The van der Waals surface area contributed by atoms with E-state index in [1.165, 1.54) is 32.1 Å². The molecule has 2 atom stereocenters. The van der Waals surface area contributed by atoms with Gasteiger partial charge in [-0.05, 0) is 42.8 Å². The van der Waals surface area contributed by atoms with E-state index in [9.17, 15) is 10.2 Å². The van der Waals surface area contributed by atoms with Crippen molar-refractivity contribution in [1.82, 2.24) is 14.8 Å². The van der Waals surface area contributed by atoms with E-state index >= 15 is 0 Å². The van der Waals surface area contributed by atoms with Crippen LogP contribution in [0.5, 0.6) is 5.75 Å². The predicted octanol–water partition coefficient (Wildman–Crippen LogP) is 3.23. The van der Waals surface area contributed by atoms with Crippen molar-refractivity contribution in [1.29, 1.82) is 0 Å². The molecular weight excluding hydrogens is 378 g/mol. The molecular formula is C24H37N3O3. The fraction of sp³-hybridized carbons (Fsp3) is 0.625. The summed E-state index contributed by atoms with van der Waals surface area (Å²) in [6, 6.07) is 7.68. The van der Waals surface area contributed by atoms with Crippen molar-refractivity contribution in [2.45, 2.75) is 51.2 Å². The first kappa shape index (κ1) is 22.9. The van der Waals surface area contributed by atoms with E-state index in [0.29, 0.717) is 6.54 Å². The summed E-state index contributed by atoms with van der Waals surface area (Å²) in [6.45, 7) is 6.68. The molecule has 0 saturated carbocycles. The van der Waals surface area contributed by atoms with Gasteiger partial charge in [-0.2, -0.15) is 0 Å². The van der Waals surface area contributed by atoms with E-state index in [4.69, 9.17) is 4.74 Å². The van der Waals surface area contributed by atoms with E-state index in [1.807, 2.05) is 24.3 Å². The summed E-state index contributed by atoms with van der Waals surface area (Å²) in [6.07, 6.45) is 7.52. The Labute approximate surface area is 180 Å². The molecule has 6 nitrogen and oxygen atoms in total. The molecule has 6 heteroatoms. The van der Waals surface area contributed by atoms with Crippen LogP contribution in [0.25, 0.3) is 10.9 Å². The lowest BCUT2D eigenvalue weighted by Crippen LogP contribution is -2.55. The highest BCUT2D eigenvalue weighted by atomic mass is 16.5. The minimum Gasteiger partial charge on any atom is -0.497 e. The van der Waals surface area contributed by atoms with Gasteiger partial charge in [-0.25, -0.2) is 0 Å². The van der Waals surface area contributed by atoms with Crippen molar-refractivity contribution in [3.63, 3.8) is 0 Å². The Balaban J connectivity index is 1.60. The van der Waals surface area contributed by atoms with Crippen LogP contribution in [-0.4, -0.2) is 77.5 Å². The molecule has 1 aliphatic heterocycles. The molecule has 0 amide bonds. The van der Waals surface area contributed by atoms with E-state index in [0.717, 1.165) is 48.4 Å². The number of hydrogen-bond donors (Lipinski definition) is 2. The van der Waals surface area contributed by atoms with Crippen molar-refractivity contribution in [2.75, 3.05) is 46.4 Å². The number of unbranched alkanes of at least 4 members (excludes halogenated alkanes) is 4. The van der Waals surface area contributed by atoms with Gasteiger partial charge < -0.3 is 19.8 Å². The first-order valence-corrected chi connectivity index (χ1v) is 11.3. The lowest BCUT2D eigenvalue weighted by Gasteiger charge is -2.41. The Morgan fingerprint density at radius 2 is 2.00 bits per heavy atom. The maximum absolute atomic E-state index is 11.0. The molecule has 2 N–H and O–H groups in total. The number of fused-ring (bicyclic) bond motifs is 1. The van der Waals surface area contributed by atoms with Crippen molar-refractivity contribution in [2.24, 2.45) is 0 Å². The zero-order valence-corrected chi connectivity index (χ0v) is 18.5. The number of aromatic nitrogens is 1. The first-order chi connectivity index (χ1) is 14.7. The summed E-state index contributed by atoms with van der Waals surface area (Å²) in [5.41, 5.74) is 1.70. The van der Waals surface area contributed by atoms with Crippen LogP contribution in [-0.2, 0) is 0 Å². The Morgan fingerprint density at radius 1 is 1.17 bits per heavy atom. The van der Waals surface area contributed by atoms with Crippen LogP contribution in [0.2, 0.25) is 0 Å². The molecule has 1 fully saturated rings. The molecule has 2 aromatic rings. The molecule has 0 radical (unpaired) electrons. The maximum Gasteiger partial charge on any atom is 0.119 e. The average molecular weight is 416 g/mol. The summed E-state index contributed by atoms with van der Waals surface area (Å²) in [5.74, 6) is 0.754. The van der Waals surface area contributed by atoms with Crippen LogP contribution < -0.4 is 4.74 Å². The van der Waals surface area contributed by atoms with Crippen LogP contribution in [0.3, 0.4) is 0 Å². The number of aliphatic hydroxyl groups excluding tert-OH is 2. The molecule has 0 spiro atoms. The first-order valence-electron chi connectivity index (χ1n) is 11.3. The molecule has 166 valence electrons. The van der Waals surface area contributed by atoms with Gasteiger partial charge in [0.1, 0.15) is 5.75 Å². The molecule has 1 saturated heterocycles. The summed E-state index contributed by atoms with van der Waals surface area (Å²) >= 11 is 0. The standard InChI is InChI=1S/C24H37N3O3/c1-3-4-5-6-7-12-26-13-14-27(19(16-26)18-28)17-24(29)21-10-11-25-23-9-8-20(30-2)15-22(21)23/h8-11,15,19,24,28-29H,3-7,12-14,16-18H2,1-2H3/t19-,24-/m0/s1. The molecule has 1 aromatic carbocycles. The summed E-state index contributed by atoms with van der Waals surface area (Å²) < 4.78 is 5.35. The van der Waals surface area contributed by atoms with Crippen LogP contribution in [0.15, 0.2) is 30.5 Å². The van der Waals surface area contributed by atoms with E-state index in [-0.39, 0.29) is 12.6 Å². The molecule has 1 aliphatic rings. The van der Waals surface area contributed by atoms with Crippen LogP contribution >= 0.6 is 0 Å². The Bertz CT molecular complexity index is 785. The highest BCUT2D eigenvalue weighted by molar-refractivity contribution is 5.83. The highest BCUT2D eigenvalue weighted by Gasteiger charge is 2.28. The van der Waals surface area contributed by atoms with Gasteiger partial charge >= 0.3 is 0 Å². The smallest absolute Gasteiger partial charge is 0.119 e. The van der Waals surface area contributed by atoms with Crippen LogP contribution in [0, 0.1) is 0 Å². The summed E-state index contributed by atoms with van der Waals surface area (Å²) in [7, 11) is 1.64. The van der Waals surface area contributed by atoms with Crippen molar-refractivity contribution < 1.29 is 14.9 Å². The van der Waals surface area contributed by atoms with Crippen molar-refractivity contribution in [3.8, 4) is 5.75 Å². The van der Waals surface area contributed by atoms with E-state index in [2.05, 4.69) is 21.7 Å². The van der Waals surface area contributed by atoms with Gasteiger partial charge in [-0.15, -0.1) is 0 Å².